The molecule has 0 atom stereocenters. The molecule has 3 aromatic heterocycles. The lowest BCUT2D eigenvalue weighted by molar-refractivity contribution is -0.832. The lowest BCUT2D eigenvalue weighted by Gasteiger charge is -2.34. The van der Waals surface area contributed by atoms with Crippen LogP contribution in [0.3, 0.4) is 0 Å². The number of nitrogens with zero attached hydrogens (tertiary/aromatic N) is 5. The van der Waals surface area contributed by atoms with Gasteiger partial charge in [0.05, 0.1) is 21.3 Å². The SMILES string of the molecule is Cc1nc(C(=O)N2CCN(CCOc3no[n+]([O-])c3S(=O)(=O)c3ccccc3)CC2)cc2c1[nH]c1ccccc12. The number of H-pyrrole nitrogens is 1. The standard InChI is InChI=1S/C27H26N6O6S/c1-18-24-21(20-9-5-6-10-22(20)29-24)17-23(28-18)26(34)32-13-11-31(12-14-32)15-16-38-25-27(33(35)39-30-25)40(36,37)19-7-3-2-4-8-19/h2-10,17,29H,11-16H2,1H3. The van der Waals surface area contributed by atoms with Gasteiger partial charge in [-0.3, -0.25) is 14.3 Å². The molecule has 6 rings (SSSR count). The molecule has 1 N–H and O–H groups in total. The number of aromatic nitrogens is 4. The van der Waals surface area contributed by atoms with Gasteiger partial charge in [0.25, 0.3) is 15.7 Å². The van der Waals surface area contributed by atoms with Gasteiger partial charge in [-0.2, -0.15) is 0 Å². The Kier molecular flexibility index (Phi) is 6.60. The molecule has 1 aliphatic rings. The molecule has 0 aliphatic carbocycles. The fourth-order valence-electron chi connectivity index (χ4n) is 4.96. The number of ether oxygens (including phenoxy) is 1. The van der Waals surface area contributed by atoms with Crippen LogP contribution in [0.2, 0.25) is 0 Å². The molecular weight excluding hydrogens is 536 g/mol. The summed E-state index contributed by atoms with van der Waals surface area (Å²) in [5, 5.41) is 16.9. The Morgan fingerprint density at radius 2 is 1.80 bits per heavy atom. The molecule has 0 bridgehead atoms. The second-order valence-corrected chi connectivity index (χ2v) is 11.4. The van der Waals surface area contributed by atoms with Gasteiger partial charge >= 0.3 is 10.9 Å². The van der Waals surface area contributed by atoms with Crippen molar-refractivity contribution in [2.75, 3.05) is 39.3 Å². The predicted molar refractivity (Wildman–Crippen MR) is 144 cm³/mol. The first-order valence-electron chi connectivity index (χ1n) is 12.8. The third-order valence-corrected chi connectivity index (χ3v) is 8.78. The number of aromatic amines is 1. The van der Waals surface area contributed by atoms with Gasteiger partial charge in [0.15, 0.2) is 0 Å². The van der Waals surface area contributed by atoms with Gasteiger partial charge in [-0.1, -0.05) is 36.4 Å². The van der Waals surface area contributed by atoms with Crippen LogP contribution in [-0.4, -0.2) is 78.6 Å². The van der Waals surface area contributed by atoms with E-state index < -0.39 is 14.9 Å². The number of nitrogens with one attached hydrogen (secondary N) is 1. The van der Waals surface area contributed by atoms with Crippen molar-refractivity contribution in [2.45, 2.75) is 16.8 Å². The van der Waals surface area contributed by atoms with Gasteiger partial charge in [-0.25, -0.2) is 13.4 Å². The number of para-hydroxylation sites is 1. The van der Waals surface area contributed by atoms with E-state index in [-0.39, 0.29) is 28.2 Å². The van der Waals surface area contributed by atoms with Crippen molar-refractivity contribution in [3.8, 4) is 5.88 Å². The molecule has 1 fully saturated rings. The highest BCUT2D eigenvalue weighted by molar-refractivity contribution is 7.91. The first-order valence-corrected chi connectivity index (χ1v) is 14.2. The van der Waals surface area contributed by atoms with Crippen LogP contribution < -0.4 is 9.64 Å². The molecule has 0 spiro atoms. The Balaban J connectivity index is 1.08. The van der Waals surface area contributed by atoms with Gasteiger partial charge in [-0.05, 0) is 36.1 Å². The van der Waals surface area contributed by atoms with Crippen molar-refractivity contribution in [3.63, 3.8) is 0 Å². The zero-order valence-electron chi connectivity index (χ0n) is 21.6. The molecule has 0 radical (unpaired) electrons. The summed E-state index contributed by atoms with van der Waals surface area (Å²) in [6.45, 7) is 4.62. The fraction of sp³-hybridized carbons (Fsp3) is 0.259. The van der Waals surface area contributed by atoms with E-state index in [1.54, 1.807) is 23.1 Å². The number of carbonyl (C=O) groups excluding carboxylic acids is 1. The quantitative estimate of drug-likeness (QED) is 0.295. The van der Waals surface area contributed by atoms with Crippen molar-refractivity contribution in [3.05, 3.63) is 77.3 Å². The summed E-state index contributed by atoms with van der Waals surface area (Å²) in [6.07, 6.45) is 0. The van der Waals surface area contributed by atoms with Gasteiger partial charge < -0.3 is 19.8 Å². The monoisotopic (exact) mass is 562 g/mol. The van der Waals surface area contributed by atoms with Crippen LogP contribution in [0.1, 0.15) is 16.2 Å². The summed E-state index contributed by atoms with van der Waals surface area (Å²) in [5.74, 6) is -0.508. The number of aryl methyl sites for hydroxylation is 1. The number of carbonyl (C=O) groups is 1. The number of sulfone groups is 1. The zero-order chi connectivity index (χ0) is 27.9. The van der Waals surface area contributed by atoms with Gasteiger partial charge in [0.2, 0.25) is 0 Å². The average molecular weight is 563 g/mol. The highest BCUT2D eigenvalue weighted by atomic mass is 32.2. The molecule has 40 heavy (non-hydrogen) atoms. The number of rotatable bonds is 7. The van der Waals surface area contributed by atoms with Crippen LogP contribution in [0.25, 0.3) is 21.8 Å². The fourth-order valence-corrected chi connectivity index (χ4v) is 6.26. The van der Waals surface area contributed by atoms with E-state index in [1.165, 1.54) is 12.1 Å². The van der Waals surface area contributed by atoms with Crippen molar-refractivity contribution in [1.29, 1.82) is 0 Å². The summed E-state index contributed by atoms with van der Waals surface area (Å²) in [6, 6.07) is 17.4. The Hall–Kier alpha value is -4.49. The van der Waals surface area contributed by atoms with Crippen molar-refractivity contribution >= 4 is 37.6 Å². The number of hydrogen-bond acceptors (Lipinski definition) is 9. The van der Waals surface area contributed by atoms with E-state index in [9.17, 15) is 18.4 Å². The zero-order valence-corrected chi connectivity index (χ0v) is 22.4. The maximum Gasteiger partial charge on any atom is 0.415 e. The van der Waals surface area contributed by atoms with Crippen LogP contribution in [0.15, 0.2) is 75.2 Å². The van der Waals surface area contributed by atoms with Gasteiger partial charge in [-0.15, -0.1) is 0 Å². The lowest BCUT2D eigenvalue weighted by atomic mass is 10.1. The third-order valence-electron chi connectivity index (χ3n) is 7.06. The Labute approximate surface area is 229 Å². The van der Waals surface area contributed by atoms with E-state index in [0.717, 1.165) is 27.5 Å². The second-order valence-electron chi connectivity index (χ2n) is 9.53. The Morgan fingerprint density at radius 3 is 2.58 bits per heavy atom. The summed E-state index contributed by atoms with van der Waals surface area (Å²) < 4.78 is 35.9. The smallest absolute Gasteiger partial charge is 0.415 e. The molecule has 206 valence electrons. The number of amides is 1. The largest absolute Gasteiger partial charge is 0.453 e. The van der Waals surface area contributed by atoms with Crippen LogP contribution in [-0.2, 0) is 9.84 Å². The van der Waals surface area contributed by atoms with E-state index >= 15 is 0 Å². The number of fused-ring (bicyclic) bond motifs is 3. The van der Waals surface area contributed by atoms with Crippen LogP contribution in [0.5, 0.6) is 5.88 Å². The van der Waals surface area contributed by atoms with Crippen LogP contribution >= 0.6 is 0 Å². The minimum Gasteiger partial charge on any atom is -0.453 e. The average Bonchev–Trinajstić information content (AvgIpc) is 3.54. The van der Waals surface area contributed by atoms with Crippen LogP contribution in [0.4, 0.5) is 0 Å². The summed E-state index contributed by atoms with van der Waals surface area (Å²) in [5.41, 5.74) is 3.12. The number of pyridine rings is 1. The highest BCUT2D eigenvalue weighted by Gasteiger charge is 2.36. The first-order chi connectivity index (χ1) is 19.3. The molecule has 1 amide bonds. The molecule has 12 nitrogen and oxygen atoms in total. The summed E-state index contributed by atoms with van der Waals surface area (Å²) in [4.78, 5) is 24.9. The molecule has 1 aliphatic heterocycles. The van der Waals surface area contributed by atoms with Crippen LogP contribution in [0, 0.1) is 12.1 Å². The van der Waals surface area contributed by atoms with Gasteiger partial charge in [0.1, 0.15) is 12.3 Å². The topological polar surface area (TPSA) is 149 Å². The molecule has 5 aromatic rings. The number of benzene rings is 2. The van der Waals surface area contributed by atoms with E-state index in [1.807, 2.05) is 37.3 Å². The Bertz CT molecular complexity index is 1810. The number of hydrogen-bond donors (Lipinski definition) is 1. The minimum atomic E-state index is -4.18. The first kappa shape index (κ1) is 25.8. The maximum absolute atomic E-state index is 13.3. The van der Waals surface area contributed by atoms with E-state index in [0.29, 0.717) is 38.4 Å². The summed E-state index contributed by atoms with van der Waals surface area (Å²) in [7, 11) is -4.18. The van der Waals surface area contributed by atoms with Crippen molar-refractivity contribution < 1.29 is 27.5 Å². The van der Waals surface area contributed by atoms with Gasteiger partial charge in [0, 0.05) is 49.0 Å². The maximum atomic E-state index is 13.3. The summed E-state index contributed by atoms with van der Waals surface area (Å²) >= 11 is 0. The Morgan fingerprint density at radius 1 is 1.07 bits per heavy atom. The molecular formula is C27H26N6O6S. The molecule has 0 saturated carbocycles. The minimum absolute atomic E-state index is 0.0676. The third kappa shape index (κ3) is 4.62. The highest BCUT2D eigenvalue weighted by Crippen LogP contribution is 2.28. The van der Waals surface area contributed by atoms with E-state index in [4.69, 9.17) is 4.74 Å². The molecule has 4 heterocycles. The predicted octanol–water partition coefficient (Wildman–Crippen LogP) is 2.32. The molecule has 13 heteroatoms. The van der Waals surface area contributed by atoms with E-state index in [2.05, 4.69) is 24.7 Å². The lowest BCUT2D eigenvalue weighted by Crippen LogP contribution is -2.49. The molecule has 1 saturated heterocycles. The van der Waals surface area contributed by atoms with Crippen molar-refractivity contribution in [2.24, 2.45) is 0 Å². The second kappa shape index (κ2) is 10.2. The number of piperazine rings is 1. The molecule has 2 aromatic carbocycles. The normalized spacial score (nSPS) is 14.7. The molecule has 0 unspecified atom stereocenters. The van der Waals surface area contributed by atoms with Crippen molar-refractivity contribution in [1.82, 2.24) is 24.9 Å².